The van der Waals surface area contributed by atoms with E-state index in [4.69, 9.17) is 0 Å². The smallest absolute Gasteiger partial charge is 0.258 e. The number of halogens is 2. The summed E-state index contributed by atoms with van der Waals surface area (Å²) in [5.74, 6) is 0. The van der Waals surface area contributed by atoms with Crippen LogP contribution in [-0.4, -0.2) is 12.7 Å². The fraction of sp³-hybridized carbons (Fsp3) is 1.00. The van der Waals surface area contributed by atoms with Crippen LogP contribution in [0, 0.1) is 0 Å². The highest BCUT2D eigenvalue weighted by molar-refractivity contribution is 4.59. The topological polar surface area (TPSA) is 12.5 Å². The normalized spacial score (nSPS) is 49.2. The van der Waals surface area contributed by atoms with Gasteiger partial charge in [-0.15, -0.1) is 0 Å². The maximum atomic E-state index is 10.9. The van der Waals surface area contributed by atoms with Gasteiger partial charge in [-0.05, 0) is 0 Å². The summed E-state index contributed by atoms with van der Waals surface area (Å²) >= 11 is 0. The lowest BCUT2D eigenvalue weighted by Crippen LogP contribution is -1.68. The first-order valence-electron chi connectivity index (χ1n) is 1.24. The Morgan fingerprint density at radius 3 is 1.40 bits per heavy atom. The summed E-state index contributed by atoms with van der Waals surface area (Å²) in [5, 5.41) is 0. The highest BCUT2D eigenvalue weighted by atomic mass is 19.2. The molecule has 0 amide bonds. The van der Waals surface area contributed by atoms with Crippen LogP contribution in [0.1, 0.15) is 0 Å². The molecule has 0 radical (unpaired) electrons. The maximum Gasteiger partial charge on any atom is 0.258 e. The molecule has 1 saturated heterocycles. The highest BCUT2D eigenvalue weighted by Crippen LogP contribution is 2.22. The van der Waals surface area contributed by atoms with Gasteiger partial charge in [0.2, 0.25) is 0 Å². The number of ether oxygens (including phenoxy) is 1. The van der Waals surface area contributed by atoms with Crippen molar-refractivity contribution in [3.05, 3.63) is 0 Å². The third kappa shape index (κ3) is 0.374. The molecular weight excluding hydrogens is 78.0 g/mol. The lowest BCUT2D eigenvalue weighted by atomic mass is 10.9. The lowest BCUT2D eigenvalue weighted by molar-refractivity contribution is 0.235. The van der Waals surface area contributed by atoms with Gasteiger partial charge in [-0.1, -0.05) is 0 Å². The van der Waals surface area contributed by atoms with Gasteiger partial charge in [0.05, 0.1) is 0 Å². The average Bonchev–Trinajstić information content (AvgIpc) is 1.79. The van der Waals surface area contributed by atoms with E-state index in [0.717, 1.165) is 0 Å². The number of rotatable bonds is 0. The van der Waals surface area contributed by atoms with Crippen molar-refractivity contribution in [1.29, 1.82) is 0 Å². The molecule has 1 fully saturated rings. The van der Waals surface area contributed by atoms with E-state index in [-0.39, 0.29) is 0 Å². The van der Waals surface area contributed by atoms with E-state index >= 15 is 0 Å². The number of hydrogen-bond donors (Lipinski definition) is 0. The fourth-order valence-electron chi connectivity index (χ4n) is 0.0788. The minimum Gasteiger partial charge on any atom is -0.304 e. The maximum absolute atomic E-state index is 10.9. The summed E-state index contributed by atoms with van der Waals surface area (Å²) in [7, 11) is 0. The quantitative estimate of drug-likeness (QED) is 0.388. The Kier molecular flexibility index (Phi) is 0.395. The molecule has 3 heteroatoms. The van der Waals surface area contributed by atoms with Crippen molar-refractivity contribution in [2.75, 3.05) is 0 Å². The molecule has 1 aliphatic rings. The van der Waals surface area contributed by atoms with Gasteiger partial charge in [0.15, 0.2) is 0 Å². The Hall–Kier alpha value is -0.180. The molecule has 0 aliphatic carbocycles. The van der Waals surface area contributed by atoms with E-state index in [2.05, 4.69) is 4.74 Å². The average molecular weight is 80.0 g/mol. The summed E-state index contributed by atoms with van der Waals surface area (Å²) in [4.78, 5) is 0. The van der Waals surface area contributed by atoms with Gasteiger partial charge in [0.25, 0.3) is 12.7 Å². The zero-order chi connectivity index (χ0) is 3.86. The second-order valence-electron chi connectivity index (χ2n) is 0.838. The molecule has 0 aromatic heterocycles. The molecule has 0 unspecified atom stereocenters. The van der Waals surface area contributed by atoms with E-state index in [1.54, 1.807) is 0 Å². The van der Waals surface area contributed by atoms with Gasteiger partial charge in [0.1, 0.15) is 0 Å². The van der Waals surface area contributed by atoms with Gasteiger partial charge in [-0.3, -0.25) is 0 Å². The standard InChI is InChI=1S/C2H2F2O/c3-1-2(4)5-1/h1-2H/t1-,2-/m1/s1. The SMILES string of the molecule is F[C@@H]1O[C@H]1F. The minimum atomic E-state index is -1.62. The van der Waals surface area contributed by atoms with Crippen LogP contribution in [0.25, 0.3) is 0 Å². The predicted octanol–water partition coefficient (Wildman–Crippen LogP) is 0.608. The Bertz CT molecular complexity index is 40.9. The first kappa shape index (κ1) is 3.03. The molecule has 0 saturated carbocycles. The molecule has 1 nitrogen and oxygen atoms in total. The van der Waals surface area contributed by atoms with Gasteiger partial charge in [-0.2, -0.15) is 0 Å². The van der Waals surface area contributed by atoms with Crippen LogP contribution in [0.3, 0.4) is 0 Å². The van der Waals surface area contributed by atoms with Crippen LogP contribution in [0.15, 0.2) is 0 Å². The van der Waals surface area contributed by atoms with Crippen molar-refractivity contribution in [1.82, 2.24) is 0 Å². The Balaban J connectivity index is 2.20. The predicted molar refractivity (Wildman–Crippen MR) is 10.9 cm³/mol. The van der Waals surface area contributed by atoms with Crippen molar-refractivity contribution < 1.29 is 13.5 Å². The van der Waals surface area contributed by atoms with Crippen molar-refractivity contribution in [3.63, 3.8) is 0 Å². The largest absolute Gasteiger partial charge is 0.304 e. The monoisotopic (exact) mass is 80.0 g/mol. The number of alkyl halides is 2. The number of epoxide rings is 1. The number of hydrogen-bond acceptors (Lipinski definition) is 1. The van der Waals surface area contributed by atoms with Gasteiger partial charge in [-0.25, -0.2) is 8.78 Å². The van der Waals surface area contributed by atoms with E-state index in [1.165, 1.54) is 0 Å². The van der Waals surface area contributed by atoms with Gasteiger partial charge >= 0.3 is 0 Å². The molecule has 1 aliphatic heterocycles. The van der Waals surface area contributed by atoms with Crippen molar-refractivity contribution >= 4 is 0 Å². The second kappa shape index (κ2) is 0.653. The summed E-state index contributed by atoms with van der Waals surface area (Å²) in [5.41, 5.74) is 0. The molecule has 0 N–H and O–H groups in total. The summed E-state index contributed by atoms with van der Waals surface area (Å²) in [6, 6.07) is 0. The van der Waals surface area contributed by atoms with E-state index in [0.29, 0.717) is 0 Å². The van der Waals surface area contributed by atoms with E-state index < -0.39 is 12.7 Å². The molecule has 0 bridgehead atoms. The van der Waals surface area contributed by atoms with E-state index in [1.807, 2.05) is 0 Å². The van der Waals surface area contributed by atoms with Crippen molar-refractivity contribution in [2.45, 2.75) is 12.7 Å². The van der Waals surface area contributed by atoms with Gasteiger partial charge in [0, 0.05) is 0 Å². The Morgan fingerprint density at radius 2 is 1.40 bits per heavy atom. The molecular formula is C2H2F2O. The van der Waals surface area contributed by atoms with Crippen molar-refractivity contribution in [2.24, 2.45) is 0 Å². The third-order valence-corrected chi connectivity index (χ3v) is 0.389. The molecule has 0 aromatic carbocycles. The van der Waals surface area contributed by atoms with E-state index in [9.17, 15) is 8.78 Å². The van der Waals surface area contributed by atoms with Crippen LogP contribution in [0.4, 0.5) is 8.78 Å². The molecule has 1 rings (SSSR count). The molecule has 2 atom stereocenters. The molecule has 0 aromatic rings. The highest BCUT2D eigenvalue weighted by Gasteiger charge is 2.39. The molecule has 1 heterocycles. The zero-order valence-electron chi connectivity index (χ0n) is 2.32. The van der Waals surface area contributed by atoms with Crippen LogP contribution >= 0.6 is 0 Å². The summed E-state index contributed by atoms with van der Waals surface area (Å²) in [6.07, 6.45) is -3.23. The Morgan fingerprint density at radius 1 is 1.20 bits per heavy atom. The van der Waals surface area contributed by atoms with Crippen LogP contribution < -0.4 is 0 Å². The minimum absolute atomic E-state index is 1.62. The molecule has 5 heavy (non-hydrogen) atoms. The lowest BCUT2D eigenvalue weighted by Gasteiger charge is -1.51. The second-order valence-corrected chi connectivity index (χ2v) is 0.838. The van der Waals surface area contributed by atoms with Crippen molar-refractivity contribution in [3.8, 4) is 0 Å². The van der Waals surface area contributed by atoms with Crippen LogP contribution in [0.5, 0.6) is 0 Å². The first-order chi connectivity index (χ1) is 2.30. The van der Waals surface area contributed by atoms with Crippen LogP contribution in [0.2, 0.25) is 0 Å². The fourth-order valence-corrected chi connectivity index (χ4v) is 0.0788. The Labute approximate surface area is 27.5 Å². The van der Waals surface area contributed by atoms with Gasteiger partial charge < -0.3 is 4.74 Å². The molecule has 0 spiro atoms. The summed E-state index contributed by atoms with van der Waals surface area (Å²) in [6.45, 7) is 0. The van der Waals surface area contributed by atoms with Crippen LogP contribution in [-0.2, 0) is 4.74 Å². The first-order valence-corrected chi connectivity index (χ1v) is 1.24. The third-order valence-electron chi connectivity index (χ3n) is 0.389. The molecule has 30 valence electrons. The summed E-state index contributed by atoms with van der Waals surface area (Å²) < 4.78 is 25.4. The zero-order valence-corrected chi connectivity index (χ0v) is 2.32.